The highest BCUT2D eigenvalue weighted by atomic mass is 32.1. The van der Waals surface area contributed by atoms with Crippen LogP contribution in [-0.2, 0) is 9.53 Å². The number of thiophene rings is 1. The molecule has 1 aromatic carbocycles. The molecule has 1 aromatic heterocycles. The Balaban J connectivity index is 1.48. The van der Waals surface area contributed by atoms with Gasteiger partial charge in [0.05, 0.1) is 7.11 Å². The van der Waals surface area contributed by atoms with Crippen LogP contribution in [0.4, 0.5) is 5.69 Å². The number of benzene rings is 1. The lowest BCUT2D eigenvalue weighted by atomic mass is 9.86. The Morgan fingerprint density at radius 2 is 2.00 bits per heavy atom. The maximum atomic E-state index is 13.0. The Hall–Kier alpha value is -2.05. The fraction of sp³-hybridized carbons (Fsp3) is 0.450. The van der Waals surface area contributed by atoms with Crippen LogP contribution in [0.5, 0.6) is 5.75 Å². The summed E-state index contributed by atoms with van der Waals surface area (Å²) in [6.45, 7) is 3.14. The molecular formula is C20H24N2O3S. The number of methoxy groups -OCH3 is 1. The van der Waals surface area contributed by atoms with Gasteiger partial charge in [-0.2, -0.15) is 11.3 Å². The number of hydrogen-bond acceptors (Lipinski definition) is 6. The third-order valence-electron chi connectivity index (χ3n) is 5.38. The number of fused-ring (bicyclic) bond motifs is 3. The molecule has 0 saturated carbocycles. The molecule has 26 heavy (non-hydrogen) atoms. The maximum Gasteiger partial charge on any atom is 0.333 e. The highest BCUT2D eigenvalue weighted by molar-refractivity contribution is 7.08. The molecule has 2 aromatic rings. The van der Waals surface area contributed by atoms with E-state index < -0.39 is 6.04 Å². The van der Waals surface area contributed by atoms with Gasteiger partial charge in [-0.25, -0.2) is 4.79 Å². The van der Waals surface area contributed by atoms with Crippen LogP contribution in [0.2, 0.25) is 0 Å². The minimum absolute atomic E-state index is 0.0174. The van der Waals surface area contributed by atoms with Gasteiger partial charge in [0, 0.05) is 12.2 Å². The van der Waals surface area contributed by atoms with Crippen LogP contribution in [0.3, 0.4) is 0 Å². The summed E-state index contributed by atoms with van der Waals surface area (Å²) in [5.41, 5.74) is 1.81. The van der Waals surface area contributed by atoms with Crippen molar-refractivity contribution in [3.63, 3.8) is 0 Å². The largest absolute Gasteiger partial charge is 0.497 e. The van der Waals surface area contributed by atoms with Crippen molar-refractivity contribution in [1.29, 1.82) is 0 Å². The molecule has 0 spiro atoms. The van der Waals surface area contributed by atoms with Gasteiger partial charge in [-0.3, -0.25) is 4.90 Å². The van der Waals surface area contributed by atoms with Gasteiger partial charge in [0.15, 0.2) is 6.04 Å². The summed E-state index contributed by atoms with van der Waals surface area (Å²) in [5, 5.41) is 7.31. The fourth-order valence-corrected chi connectivity index (χ4v) is 4.52. The molecule has 2 bridgehead atoms. The zero-order valence-corrected chi connectivity index (χ0v) is 15.7. The van der Waals surface area contributed by atoms with Gasteiger partial charge in [-0.15, -0.1) is 0 Å². The second kappa shape index (κ2) is 7.68. The molecule has 5 rings (SSSR count). The molecular weight excluding hydrogens is 348 g/mol. The minimum Gasteiger partial charge on any atom is -0.497 e. The predicted octanol–water partition coefficient (Wildman–Crippen LogP) is 3.55. The number of hydrogen-bond donors (Lipinski definition) is 1. The summed E-state index contributed by atoms with van der Waals surface area (Å²) < 4.78 is 11.2. The quantitative estimate of drug-likeness (QED) is 0.786. The summed E-state index contributed by atoms with van der Waals surface area (Å²) in [4.78, 5) is 15.4. The van der Waals surface area contributed by atoms with E-state index in [1.807, 2.05) is 41.1 Å². The van der Waals surface area contributed by atoms with E-state index in [1.165, 1.54) is 0 Å². The van der Waals surface area contributed by atoms with Crippen molar-refractivity contribution in [2.45, 2.75) is 25.0 Å². The average Bonchev–Trinajstić information content (AvgIpc) is 3.22. The fourth-order valence-electron chi connectivity index (χ4n) is 3.83. The standard InChI is InChI=1S/C20H24N2O3S/c1-24-17-4-2-16(3-5-17)21-19(15-8-11-26-13-15)20(23)25-18-12-22-9-6-14(18)7-10-22/h2-5,8,11,13-14,18-19,21H,6-7,9-10,12H2,1H3. The Morgan fingerprint density at radius 1 is 1.23 bits per heavy atom. The molecule has 3 fully saturated rings. The molecule has 3 saturated heterocycles. The third kappa shape index (κ3) is 3.71. The molecule has 2 unspecified atom stereocenters. The molecule has 3 aliphatic rings. The summed E-state index contributed by atoms with van der Waals surface area (Å²) in [6.07, 6.45) is 2.28. The molecule has 0 amide bonds. The molecule has 0 radical (unpaired) electrons. The van der Waals surface area contributed by atoms with E-state index in [4.69, 9.17) is 9.47 Å². The van der Waals surface area contributed by atoms with Gasteiger partial charge in [0.2, 0.25) is 0 Å². The van der Waals surface area contributed by atoms with E-state index in [0.717, 1.165) is 49.5 Å². The van der Waals surface area contributed by atoms with Crippen molar-refractivity contribution >= 4 is 23.0 Å². The van der Waals surface area contributed by atoms with Crippen LogP contribution in [-0.4, -0.2) is 43.7 Å². The minimum atomic E-state index is -0.495. The first-order valence-corrected chi connectivity index (χ1v) is 10.0. The van der Waals surface area contributed by atoms with Crippen LogP contribution in [0.1, 0.15) is 24.4 Å². The smallest absolute Gasteiger partial charge is 0.333 e. The Kier molecular flexibility index (Phi) is 5.13. The van der Waals surface area contributed by atoms with E-state index in [2.05, 4.69) is 10.2 Å². The van der Waals surface area contributed by atoms with E-state index in [1.54, 1.807) is 18.4 Å². The summed E-state index contributed by atoms with van der Waals surface area (Å²) >= 11 is 1.58. The Bertz CT molecular complexity index is 724. The monoisotopic (exact) mass is 372 g/mol. The lowest BCUT2D eigenvalue weighted by Crippen LogP contribution is -2.52. The number of nitrogens with one attached hydrogen (secondary N) is 1. The first kappa shape index (κ1) is 17.4. The number of carbonyl (C=O) groups is 1. The van der Waals surface area contributed by atoms with E-state index in [0.29, 0.717) is 5.92 Å². The second-order valence-corrected chi connectivity index (χ2v) is 7.76. The average molecular weight is 372 g/mol. The van der Waals surface area contributed by atoms with Crippen molar-refractivity contribution in [3.8, 4) is 5.75 Å². The van der Waals surface area contributed by atoms with Gasteiger partial charge in [0.25, 0.3) is 0 Å². The van der Waals surface area contributed by atoms with Crippen molar-refractivity contribution < 1.29 is 14.3 Å². The van der Waals surface area contributed by atoms with E-state index in [9.17, 15) is 4.79 Å². The molecule has 6 heteroatoms. The topological polar surface area (TPSA) is 50.8 Å². The van der Waals surface area contributed by atoms with E-state index in [-0.39, 0.29) is 12.1 Å². The number of rotatable bonds is 6. The lowest BCUT2D eigenvalue weighted by Gasteiger charge is -2.44. The third-order valence-corrected chi connectivity index (χ3v) is 6.08. The zero-order valence-electron chi connectivity index (χ0n) is 14.9. The zero-order chi connectivity index (χ0) is 17.9. The summed E-state index contributed by atoms with van der Waals surface area (Å²) in [6, 6.07) is 9.07. The molecule has 4 heterocycles. The molecule has 5 nitrogen and oxygen atoms in total. The number of carbonyl (C=O) groups excluding carboxylic acids is 1. The van der Waals surface area contributed by atoms with E-state index >= 15 is 0 Å². The Morgan fingerprint density at radius 3 is 2.58 bits per heavy atom. The lowest BCUT2D eigenvalue weighted by molar-refractivity contribution is -0.159. The van der Waals surface area contributed by atoms with Gasteiger partial charge >= 0.3 is 5.97 Å². The van der Waals surface area contributed by atoms with Crippen LogP contribution in [0.15, 0.2) is 41.1 Å². The van der Waals surface area contributed by atoms with Gasteiger partial charge in [-0.1, -0.05) is 0 Å². The van der Waals surface area contributed by atoms with Gasteiger partial charge in [0.1, 0.15) is 11.9 Å². The number of ether oxygens (including phenoxy) is 2. The maximum absolute atomic E-state index is 13.0. The number of nitrogens with zero attached hydrogens (tertiary/aromatic N) is 1. The van der Waals surface area contributed by atoms with Crippen LogP contribution in [0.25, 0.3) is 0 Å². The number of esters is 1. The number of piperidine rings is 3. The molecule has 3 aliphatic heterocycles. The molecule has 2 atom stereocenters. The molecule has 0 aliphatic carbocycles. The van der Waals surface area contributed by atoms with Crippen molar-refractivity contribution in [2.75, 3.05) is 32.1 Å². The van der Waals surface area contributed by atoms with Crippen LogP contribution in [0, 0.1) is 5.92 Å². The highest BCUT2D eigenvalue weighted by Crippen LogP contribution is 2.32. The van der Waals surface area contributed by atoms with Crippen molar-refractivity contribution in [3.05, 3.63) is 46.7 Å². The molecule has 138 valence electrons. The summed E-state index contributed by atoms with van der Waals surface area (Å²) in [5.74, 6) is 1.10. The molecule has 1 N–H and O–H groups in total. The summed E-state index contributed by atoms with van der Waals surface area (Å²) in [7, 11) is 1.64. The Labute approximate surface area is 157 Å². The predicted molar refractivity (Wildman–Crippen MR) is 103 cm³/mol. The van der Waals surface area contributed by atoms with Crippen molar-refractivity contribution in [1.82, 2.24) is 4.90 Å². The van der Waals surface area contributed by atoms with Gasteiger partial charge < -0.3 is 14.8 Å². The van der Waals surface area contributed by atoms with Crippen molar-refractivity contribution in [2.24, 2.45) is 5.92 Å². The first-order valence-electron chi connectivity index (χ1n) is 9.08. The first-order chi connectivity index (χ1) is 12.7. The normalized spacial score (nSPS) is 25.5. The van der Waals surface area contributed by atoms with Crippen LogP contribution < -0.4 is 10.1 Å². The SMILES string of the molecule is COc1ccc(NC(C(=O)OC2CN3CCC2CC3)c2ccsc2)cc1. The number of anilines is 1. The second-order valence-electron chi connectivity index (χ2n) is 6.98. The van der Waals surface area contributed by atoms with Crippen LogP contribution >= 0.6 is 11.3 Å². The van der Waals surface area contributed by atoms with Gasteiger partial charge in [-0.05, 0) is 78.5 Å². The highest BCUT2D eigenvalue weighted by Gasteiger charge is 2.37.